The summed E-state index contributed by atoms with van der Waals surface area (Å²) in [5.41, 5.74) is 0. The highest BCUT2D eigenvalue weighted by molar-refractivity contribution is 5.87. The van der Waals surface area contributed by atoms with Crippen LogP contribution in [0.3, 0.4) is 0 Å². The molecule has 0 aromatic rings. The highest BCUT2D eigenvalue weighted by Gasteiger charge is 2.03. The molecule has 11 heavy (non-hydrogen) atoms. The van der Waals surface area contributed by atoms with E-state index in [9.17, 15) is 4.79 Å². The molecular formula is C10H18O. The van der Waals surface area contributed by atoms with E-state index in [2.05, 4.69) is 20.8 Å². The lowest BCUT2D eigenvalue weighted by Crippen LogP contribution is -2.01. The lowest BCUT2D eigenvalue weighted by molar-refractivity contribution is -0.112. The highest BCUT2D eigenvalue weighted by Crippen LogP contribution is 2.13. The maximum atomic E-state index is 10.5. The Morgan fingerprint density at radius 3 is 2.27 bits per heavy atom. The number of rotatable bonds is 4. The quantitative estimate of drug-likeness (QED) is 0.569. The summed E-state index contributed by atoms with van der Waals surface area (Å²) >= 11 is 0. The minimum absolute atomic E-state index is 0.140. The molecule has 0 fully saturated rings. The number of allylic oxidation sites excluding steroid dienone is 2. The maximum absolute atomic E-state index is 10.5. The van der Waals surface area contributed by atoms with Crippen LogP contribution in [0.25, 0.3) is 0 Å². The second-order valence-electron chi connectivity index (χ2n) is 3.47. The van der Waals surface area contributed by atoms with Crippen LogP contribution in [0, 0.1) is 11.8 Å². The number of carbonyl (C=O) groups excluding carboxylic acids is 1. The van der Waals surface area contributed by atoms with Crippen molar-refractivity contribution in [2.24, 2.45) is 11.8 Å². The van der Waals surface area contributed by atoms with Crippen molar-refractivity contribution in [3.63, 3.8) is 0 Å². The second-order valence-corrected chi connectivity index (χ2v) is 3.47. The third-order valence-electron chi connectivity index (χ3n) is 2.00. The third kappa shape index (κ3) is 5.84. The van der Waals surface area contributed by atoms with Crippen molar-refractivity contribution in [1.82, 2.24) is 0 Å². The fourth-order valence-electron chi connectivity index (χ4n) is 0.721. The van der Waals surface area contributed by atoms with E-state index < -0.39 is 0 Å². The Morgan fingerprint density at radius 1 is 1.36 bits per heavy atom. The van der Waals surface area contributed by atoms with Crippen molar-refractivity contribution in [3.8, 4) is 0 Å². The van der Waals surface area contributed by atoms with Gasteiger partial charge in [0.2, 0.25) is 0 Å². The van der Waals surface area contributed by atoms with Gasteiger partial charge in [0, 0.05) is 0 Å². The number of hydrogen-bond acceptors (Lipinski definition) is 1. The van der Waals surface area contributed by atoms with Crippen molar-refractivity contribution in [2.75, 3.05) is 0 Å². The van der Waals surface area contributed by atoms with Crippen LogP contribution in [0.4, 0.5) is 0 Å². The number of ketones is 1. The first-order valence-corrected chi connectivity index (χ1v) is 4.21. The molecule has 0 saturated heterocycles. The first-order valence-electron chi connectivity index (χ1n) is 4.21. The van der Waals surface area contributed by atoms with Gasteiger partial charge in [-0.15, -0.1) is 0 Å². The molecular weight excluding hydrogens is 136 g/mol. The molecule has 1 heteroatoms. The number of hydrogen-bond donors (Lipinski definition) is 0. The van der Waals surface area contributed by atoms with Crippen molar-refractivity contribution >= 4 is 5.78 Å². The molecule has 0 aliphatic carbocycles. The predicted molar refractivity (Wildman–Crippen MR) is 48.4 cm³/mol. The van der Waals surface area contributed by atoms with Gasteiger partial charge in [-0.3, -0.25) is 4.79 Å². The summed E-state index contributed by atoms with van der Waals surface area (Å²) in [4.78, 5) is 10.5. The average molecular weight is 154 g/mol. The van der Waals surface area contributed by atoms with Gasteiger partial charge in [-0.25, -0.2) is 0 Å². The van der Waals surface area contributed by atoms with Gasteiger partial charge >= 0.3 is 0 Å². The molecule has 0 rings (SSSR count). The van der Waals surface area contributed by atoms with E-state index in [1.165, 1.54) is 0 Å². The van der Waals surface area contributed by atoms with Gasteiger partial charge < -0.3 is 0 Å². The van der Waals surface area contributed by atoms with Crippen LogP contribution in [0.5, 0.6) is 0 Å². The third-order valence-corrected chi connectivity index (χ3v) is 2.00. The average Bonchev–Trinajstić information content (AvgIpc) is 1.86. The normalized spacial score (nSPS) is 14.3. The van der Waals surface area contributed by atoms with Gasteiger partial charge in [-0.05, 0) is 31.3 Å². The molecule has 0 heterocycles. The van der Waals surface area contributed by atoms with E-state index in [0.29, 0.717) is 11.8 Å². The van der Waals surface area contributed by atoms with Crippen LogP contribution in [0.2, 0.25) is 0 Å². The predicted octanol–water partition coefficient (Wildman–Crippen LogP) is 2.81. The molecule has 0 bridgehead atoms. The van der Waals surface area contributed by atoms with Crippen LogP contribution in [0.1, 0.15) is 34.1 Å². The Morgan fingerprint density at radius 2 is 1.91 bits per heavy atom. The molecule has 0 amide bonds. The molecule has 0 aliphatic rings. The second kappa shape index (κ2) is 5.11. The Bertz CT molecular complexity index is 145. The summed E-state index contributed by atoms with van der Waals surface area (Å²) in [7, 11) is 0. The summed E-state index contributed by atoms with van der Waals surface area (Å²) in [6.45, 7) is 8.18. The van der Waals surface area contributed by atoms with Crippen LogP contribution in [-0.4, -0.2) is 5.78 Å². The smallest absolute Gasteiger partial charge is 0.152 e. The van der Waals surface area contributed by atoms with E-state index in [1.807, 2.05) is 6.08 Å². The first kappa shape index (κ1) is 10.4. The minimum Gasteiger partial charge on any atom is -0.295 e. The Hall–Kier alpha value is -0.590. The molecule has 0 aliphatic heterocycles. The monoisotopic (exact) mass is 154 g/mol. The van der Waals surface area contributed by atoms with Gasteiger partial charge in [0.05, 0.1) is 0 Å². The fraction of sp³-hybridized carbons (Fsp3) is 0.700. The van der Waals surface area contributed by atoms with E-state index >= 15 is 0 Å². The standard InChI is InChI=1S/C10H18O/c1-8(2)9(3)6-5-7-10(4)11/h5,7-9H,6H2,1-4H3/b7-5+/t9-/m0/s1. The first-order chi connectivity index (χ1) is 5.04. The summed E-state index contributed by atoms with van der Waals surface area (Å²) in [6.07, 6.45) is 4.63. The largest absolute Gasteiger partial charge is 0.295 e. The van der Waals surface area contributed by atoms with E-state index in [0.717, 1.165) is 6.42 Å². The topological polar surface area (TPSA) is 17.1 Å². The number of carbonyl (C=O) groups is 1. The van der Waals surface area contributed by atoms with Crippen molar-refractivity contribution in [1.29, 1.82) is 0 Å². The Labute approximate surface area is 69.5 Å². The molecule has 0 unspecified atom stereocenters. The molecule has 0 radical (unpaired) electrons. The van der Waals surface area contributed by atoms with Crippen LogP contribution < -0.4 is 0 Å². The molecule has 64 valence electrons. The van der Waals surface area contributed by atoms with E-state index in [4.69, 9.17) is 0 Å². The molecule has 0 aromatic carbocycles. The Kier molecular flexibility index (Phi) is 4.84. The molecule has 1 atom stereocenters. The zero-order valence-corrected chi connectivity index (χ0v) is 7.92. The van der Waals surface area contributed by atoms with Crippen molar-refractivity contribution in [3.05, 3.63) is 12.2 Å². The maximum Gasteiger partial charge on any atom is 0.152 e. The van der Waals surface area contributed by atoms with E-state index in [-0.39, 0.29) is 5.78 Å². The van der Waals surface area contributed by atoms with Crippen molar-refractivity contribution < 1.29 is 4.79 Å². The molecule has 0 saturated carbocycles. The van der Waals surface area contributed by atoms with Gasteiger partial charge in [0.15, 0.2) is 5.78 Å². The lowest BCUT2D eigenvalue weighted by Gasteiger charge is -2.11. The van der Waals surface area contributed by atoms with Gasteiger partial charge in [0.25, 0.3) is 0 Å². The SMILES string of the molecule is CC(=O)/C=C/C[C@H](C)C(C)C. The molecule has 1 nitrogen and oxygen atoms in total. The van der Waals surface area contributed by atoms with Gasteiger partial charge in [-0.2, -0.15) is 0 Å². The van der Waals surface area contributed by atoms with Crippen LogP contribution in [0.15, 0.2) is 12.2 Å². The fourth-order valence-corrected chi connectivity index (χ4v) is 0.721. The molecule has 0 N–H and O–H groups in total. The lowest BCUT2D eigenvalue weighted by atomic mass is 9.94. The summed E-state index contributed by atoms with van der Waals surface area (Å²) in [5, 5.41) is 0. The Balaban J connectivity index is 3.61. The zero-order valence-electron chi connectivity index (χ0n) is 7.92. The van der Waals surface area contributed by atoms with Crippen LogP contribution in [-0.2, 0) is 4.79 Å². The summed E-state index contributed by atoms with van der Waals surface area (Å²) in [5.74, 6) is 1.51. The van der Waals surface area contributed by atoms with Gasteiger partial charge in [0.1, 0.15) is 0 Å². The van der Waals surface area contributed by atoms with Crippen molar-refractivity contribution in [2.45, 2.75) is 34.1 Å². The summed E-state index contributed by atoms with van der Waals surface area (Å²) in [6, 6.07) is 0. The van der Waals surface area contributed by atoms with E-state index in [1.54, 1.807) is 13.0 Å². The highest BCUT2D eigenvalue weighted by atomic mass is 16.1. The molecule has 0 spiro atoms. The summed E-state index contributed by atoms with van der Waals surface area (Å²) < 4.78 is 0. The van der Waals surface area contributed by atoms with Gasteiger partial charge in [-0.1, -0.05) is 26.8 Å². The molecule has 0 aromatic heterocycles. The zero-order chi connectivity index (χ0) is 8.85. The minimum atomic E-state index is 0.140. The van der Waals surface area contributed by atoms with Crippen LogP contribution >= 0.6 is 0 Å².